The van der Waals surface area contributed by atoms with Crippen molar-refractivity contribution in [3.05, 3.63) is 11.1 Å². The highest BCUT2D eigenvalue weighted by atomic mass is 32.1. The van der Waals surface area contributed by atoms with Crippen LogP contribution in [0.5, 0.6) is 0 Å². The molecule has 0 bridgehead atoms. The van der Waals surface area contributed by atoms with Crippen molar-refractivity contribution in [3.63, 3.8) is 0 Å². The zero-order chi connectivity index (χ0) is 13.1. The van der Waals surface area contributed by atoms with Crippen LogP contribution < -0.4 is 4.90 Å². The Morgan fingerprint density at radius 3 is 3.06 bits per heavy atom. The second-order valence-corrected chi connectivity index (χ2v) is 4.86. The topological polar surface area (TPSA) is 62.7 Å². The quantitative estimate of drug-likeness (QED) is 0.760. The normalized spacial score (nSPS) is 15.2. The summed E-state index contributed by atoms with van der Waals surface area (Å²) in [6, 6.07) is 0. The summed E-state index contributed by atoms with van der Waals surface area (Å²) in [6.45, 7) is 0.720. The van der Waals surface area contributed by atoms with E-state index in [2.05, 4.69) is 4.98 Å². The molecule has 0 radical (unpaired) electrons. The third-order valence-corrected chi connectivity index (χ3v) is 3.71. The van der Waals surface area contributed by atoms with Crippen LogP contribution in [0.15, 0.2) is 5.38 Å². The minimum absolute atomic E-state index is 0.108. The first-order valence-corrected chi connectivity index (χ1v) is 6.55. The van der Waals surface area contributed by atoms with E-state index in [1.807, 2.05) is 5.38 Å². The predicted molar refractivity (Wildman–Crippen MR) is 67.2 cm³/mol. The Hall–Kier alpha value is -1.47. The number of carbonyl (C=O) groups excluding carboxylic acids is 2. The van der Waals surface area contributed by atoms with Gasteiger partial charge in [-0.3, -0.25) is 19.3 Å². The number of aromatic nitrogens is 1. The second kappa shape index (κ2) is 5.45. The summed E-state index contributed by atoms with van der Waals surface area (Å²) in [5, 5.41) is 3.66. The van der Waals surface area contributed by atoms with Gasteiger partial charge in [0, 0.05) is 25.4 Å². The maximum atomic E-state index is 11.6. The van der Waals surface area contributed by atoms with Gasteiger partial charge >= 0.3 is 0 Å². The zero-order valence-corrected chi connectivity index (χ0v) is 11.2. The fourth-order valence-electron chi connectivity index (χ4n) is 1.72. The maximum Gasteiger partial charge on any atom is 0.251 e. The van der Waals surface area contributed by atoms with Crippen LogP contribution in [0.1, 0.15) is 18.5 Å². The van der Waals surface area contributed by atoms with Gasteiger partial charge in [-0.2, -0.15) is 0 Å². The Balaban J connectivity index is 2.02. The molecule has 0 unspecified atom stereocenters. The van der Waals surface area contributed by atoms with Crippen molar-refractivity contribution in [1.29, 1.82) is 0 Å². The Labute approximate surface area is 109 Å². The van der Waals surface area contributed by atoms with E-state index in [4.69, 9.17) is 4.84 Å². The highest BCUT2D eigenvalue weighted by Crippen LogP contribution is 2.25. The number of thiazole rings is 1. The van der Waals surface area contributed by atoms with Gasteiger partial charge in [-0.15, -0.1) is 11.3 Å². The number of carbonyl (C=O) groups is 2. The maximum absolute atomic E-state index is 11.6. The van der Waals surface area contributed by atoms with Gasteiger partial charge in [-0.1, -0.05) is 0 Å². The largest absolute Gasteiger partial charge is 0.288 e. The molecule has 0 saturated carbocycles. The van der Waals surface area contributed by atoms with E-state index in [0.717, 1.165) is 13.0 Å². The molecular formula is C11H15N3O3S. The van der Waals surface area contributed by atoms with Crippen LogP contribution in [-0.2, 0) is 20.8 Å². The first-order valence-electron chi connectivity index (χ1n) is 5.67. The second-order valence-electron chi connectivity index (χ2n) is 4.02. The van der Waals surface area contributed by atoms with Gasteiger partial charge in [0.2, 0.25) is 5.91 Å². The van der Waals surface area contributed by atoms with E-state index in [1.54, 1.807) is 11.9 Å². The van der Waals surface area contributed by atoms with Gasteiger partial charge in [-0.05, 0) is 6.42 Å². The summed E-state index contributed by atoms with van der Waals surface area (Å²) in [6.07, 6.45) is 1.64. The molecule has 0 aliphatic carbocycles. The van der Waals surface area contributed by atoms with Crippen molar-refractivity contribution in [1.82, 2.24) is 10.0 Å². The lowest BCUT2D eigenvalue weighted by atomic mass is 10.3. The molecule has 1 saturated heterocycles. The average molecular weight is 269 g/mol. The van der Waals surface area contributed by atoms with Gasteiger partial charge in [-0.25, -0.2) is 10.0 Å². The highest BCUT2D eigenvalue weighted by molar-refractivity contribution is 7.14. The number of rotatable bonds is 4. The summed E-state index contributed by atoms with van der Waals surface area (Å²) in [5.41, 5.74) is 0.670. The zero-order valence-electron chi connectivity index (χ0n) is 10.4. The molecule has 2 rings (SSSR count). The first kappa shape index (κ1) is 13.0. The molecule has 7 heteroatoms. The van der Waals surface area contributed by atoms with Crippen LogP contribution in [0.4, 0.5) is 5.13 Å². The molecule has 2 amide bonds. The van der Waals surface area contributed by atoms with Crippen molar-refractivity contribution in [2.75, 3.05) is 25.6 Å². The third kappa shape index (κ3) is 2.68. The molecule has 1 aliphatic rings. The molecule has 1 fully saturated rings. The number of hydroxylamine groups is 2. The molecule has 0 aromatic carbocycles. The molecule has 0 spiro atoms. The van der Waals surface area contributed by atoms with Crippen LogP contribution >= 0.6 is 11.3 Å². The van der Waals surface area contributed by atoms with E-state index >= 15 is 0 Å². The smallest absolute Gasteiger partial charge is 0.251 e. The minimum atomic E-state index is -0.165. The van der Waals surface area contributed by atoms with Gasteiger partial charge in [0.05, 0.1) is 19.2 Å². The van der Waals surface area contributed by atoms with Crippen LogP contribution in [0.3, 0.4) is 0 Å². The van der Waals surface area contributed by atoms with E-state index in [1.165, 1.54) is 23.5 Å². The lowest BCUT2D eigenvalue weighted by molar-refractivity contribution is -0.167. The van der Waals surface area contributed by atoms with Crippen LogP contribution in [0.25, 0.3) is 0 Å². The van der Waals surface area contributed by atoms with Crippen LogP contribution in [0, 0.1) is 0 Å². The Morgan fingerprint density at radius 2 is 2.44 bits per heavy atom. The summed E-state index contributed by atoms with van der Waals surface area (Å²) in [4.78, 5) is 34.0. The molecule has 1 aromatic heterocycles. The molecule has 6 nitrogen and oxygen atoms in total. The van der Waals surface area contributed by atoms with Crippen LogP contribution in [0.2, 0.25) is 0 Å². The van der Waals surface area contributed by atoms with Crippen molar-refractivity contribution in [2.24, 2.45) is 0 Å². The summed E-state index contributed by atoms with van der Waals surface area (Å²) in [7, 11) is 2.99. The van der Waals surface area contributed by atoms with Gasteiger partial charge in [0.25, 0.3) is 5.91 Å². The number of amides is 2. The molecular weight excluding hydrogens is 254 g/mol. The predicted octanol–water partition coefficient (Wildman–Crippen LogP) is 0.832. The van der Waals surface area contributed by atoms with Gasteiger partial charge < -0.3 is 0 Å². The molecule has 0 atom stereocenters. The van der Waals surface area contributed by atoms with Crippen LogP contribution in [-0.4, -0.2) is 42.6 Å². The van der Waals surface area contributed by atoms with E-state index in [-0.39, 0.29) is 18.2 Å². The van der Waals surface area contributed by atoms with E-state index < -0.39 is 0 Å². The standard InChI is InChI=1S/C11H15N3O3S/c1-13(17-2)10(16)6-8-7-18-11(12-8)14-5-3-4-9(14)15/h7H,3-6H2,1-2H3. The SMILES string of the molecule is CON(C)C(=O)Cc1csc(N2CCCC2=O)n1. The fraction of sp³-hybridized carbons (Fsp3) is 0.545. The van der Waals surface area contributed by atoms with Crippen molar-refractivity contribution in [2.45, 2.75) is 19.3 Å². The monoisotopic (exact) mass is 269 g/mol. The number of anilines is 1. The van der Waals surface area contributed by atoms with Gasteiger partial charge in [0.15, 0.2) is 5.13 Å². The summed E-state index contributed by atoms with van der Waals surface area (Å²) < 4.78 is 0. The third-order valence-electron chi connectivity index (χ3n) is 2.80. The highest BCUT2D eigenvalue weighted by Gasteiger charge is 2.24. The van der Waals surface area contributed by atoms with Crippen molar-refractivity contribution in [3.8, 4) is 0 Å². The number of nitrogens with zero attached hydrogens (tertiary/aromatic N) is 3. The Kier molecular flexibility index (Phi) is 3.93. The number of likely N-dealkylation sites (N-methyl/N-ethyl adjacent to an activating group) is 1. The lowest BCUT2D eigenvalue weighted by Crippen LogP contribution is -2.27. The number of hydrogen-bond acceptors (Lipinski definition) is 5. The molecule has 2 heterocycles. The number of hydrogen-bond donors (Lipinski definition) is 0. The summed E-state index contributed by atoms with van der Waals surface area (Å²) >= 11 is 1.39. The van der Waals surface area contributed by atoms with Crippen molar-refractivity contribution >= 4 is 28.3 Å². The average Bonchev–Trinajstić information content (AvgIpc) is 2.96. The summed E-state index contributed by atoms with van der Waals surface area (Å²) in [5.74, 6) is -0.0571. The minimum Gasteiger partial charge on any atom is -0.288 e. The fourth-order valence-corrected chi connectivity index (χ4v) is 2.59. The first-order chi connectivity index (χ1) is 8.61. The van der Waals surface area contributed by atoms with E-state index in [0.29, 0.717) is 17.2 Å². The van der Waals surface area contributed by atoms with Gasteiger partial charge in [0.1, 0.15) is 0 Å². The Morgan fingerprint density at radius 1 is 1.67 bits per heavy atom. The molecule has 98 valence electrons. The lowest BCUT2D eigenvalue weighted by Gasteiger charge is -2.12. The molecule has 18 heavy (non-hydrogen) atoms. The molecule has 0 N–H and O–H groups in total. The molecule has 1 aromatic rings. The van der Waals surface area contributed by atoms with E-state index in [9.17, 15) is 9.59 Å². The molecule has 1 aliphatic heterocycles. The Bertz CT molecular complexity index is 460. The van der Waals surface area contributed by atoms with Crippen molar-refractivity contribution < 1.29 is 14.4 Å².